The molecule has 6 amide bonds. The minimum Gasteiger partial charge on any atom is -0.481 e. The molecule has 8 N–H and O–H groups in total. The molecule has 4 atom stereocenters. The number of aliphatic hydroxyl groups excluding tert-OH is 1. The second-order valence-electron chi connectivity index (χ2n) is 18.5. The highest BCUT2D eigenvalue weighted by molar-refractivity contribution is 7.19. The van der Waals surface area contributed by atoms with Crippen LogP contribution < -0.4 is 31.9 Å². The SMILES string of the molecule is CNC(=O)C[C@@H]1NC(=O)c2csc(n2)-c2ccc(-c3nc(NC(=O)CCCC(=O)O)cs3)nc2-c2cnc(s2)-c2csc(n2)[C@H]([C@@H](O)c2ccccc2)NC(=O)CNC(=O)c2nc(sc2COC)[C@H](C(C)C)NC(=O)c2nc1sc2C. The number of carboxylic acids is 1. The van der Waals surface area contributed by atoms with Crippen molar-refractivity contribution in [1.29, 1.82) is 0 Å². The number of fused-ring (bicyclic) bond motifs is 14. The van der Waals surface area contributed by atoms with Crippen molar-refractivity contribution in [2.45, 2.75) is 77.3 Å². The van der Waals surface area contributed by atoms with Crippen molar-refractivity contribution >= 4 is 115 Å². The van der Waals surface area contributed by atoms with Crippen LogP contribution in [0.5, 0.6) is 0 Å². The normalized spacial score (nSPS) is 16.4. The molecule has 9 rings (SSSR count). The number of thiazole rings is 6. The van der Waals surface area contributed by atoms with E-state index in [-0.39, 0.29) is 66.1 Å². The number of aryl methyl sites for hydroxylation is 1. The second-order valence-corrected chi connectivity index (χ2v) is 24.4. The van der Waals surface area contributed by atoms with E-state index in [1.165, 1.54) is 70.8 Å². The Bertz CT molecular complexity index is 3640. The smallest absolute Gasteiger partial charge is 0.303 e. The molecular formula is C52H51N13O10S6. The second kappa shape index (κ2) is 25.9. The lowest BCUT2D eigenvalue weighted by atomic mass is 10.0. The average Bonchev–Trinajstić information content (AvgIpc) is 4.33. The Morgan fingerprint density at radius 3 is 2.25 bits per heavy atom. The number of nitrogens with zero attached hydrogens (tertiary/aromatic N) is 7. The summed E-state index contributed by atoms with van der Waals surface area (Å²) in [7, 11) is 2.93. The number of carboxylic acid groups (broad SMARTS) is 1. The van der Waals surface area contributed by atoms with Gasteiger partial charge in [-0.25, -0.2) is 34.9 Å². The highest BCUT2D eigenvalue weighted by Gasteiger charge is 2.33. The quantitative estimate of drug-likeness (QED) is 0.0553. The molecule has 0 spiro atoms. The maximum absolute atomic E-state index is 14.3. The molecule has 7 aromatic heterocycles. The van der Waals surface area contributed by atoms with Crippen LogP contribution in [-0.2, 0) is 30.5 Å². The van der Waals surface area contributed by atoms with Gasteiger partial charge in [0.25, 0.3) is 17.7 Å². The zero-order valence-corrected chi connectivity index (χ0v) is 48.6. The Morgan fingerprint density at radius 2 is 1.49 bits per heavy atom. The maximum Gasteiger partial charge on any atom is 0.303 e. The number of nitrogens with one attached hydrogen (secondary N) is 6. The standard InChI is InChI=1S/C52H51N13O10S6/c1-23(2)38-52-65-41(32(81-52)19-75-5)45(73)54-18-36(68)62-42(43(71)25-10-7-6-8-11-25)51-59-30(21-77-51)48-55-17-31(80-48)40-26(14-15-27(56-40)49-61-33(22-78-49)60-34(66)12-9-13-37(69)70)47-58-29(20-76-47)44(72)57-28(16-35(67)53-4)50-64-39(24(3)79-50)46(74)63-38/h6-8,10-11,14-15,17,20-23,28,38,42-43,71H,9,12-13,16,18-19H2,1-5H3,(H,53,67)(H,54,73)(H,57,72)(H,60,66)(H,62,68)(H,63,74)(H,69,70)/t28-,38-,42-,43-/m0/s1. The summed E-state index contributed by atoms with van der Waals surface area (Å²) < 4.78 is 5.44. The molecule has 8 heterocycles. The summed E-state index contributed by atoms with van der Waals surface area (Å²) in [6.45, 7) is 4.94. The zero-order chi connectivity index (χ0) is 57.5. The van der Waals surface area contributed by atoms with Gasteiger partial charge in [0.15, 0.2) is 0 Å². The van der Waals surface area contributed by atoms with E-state index >= 15 is 0 Å². The van der Waals surface area contributed by atoms with Gasteiger partial charge < -0.3 is 46.9 Å². The van der Waals surface area contributed by atoms with Crippen LogP contribution in [0.1, 0.15) is 126 Å². The largest absolute Gasteiger partial charge is 0.481 e. The number of aliphatic carboxylic acids is 1. The van der Waals surface area contributed by atoms with Crippen molar-refractivity contribution in [3.8, 4) is 42.5 Å². The minimum absolute atomic E-state index is 0.000750. The summed E-state index contributed by atoms with van der Waals surface area (Å²) in [6.07, 6.45) is 0.105. The molecule has 29 heteroatoms. The molecule has 81 heavy (non-hydrogen) atoms. The number of rotatable bonds is 13. The van der Waals surface area contributed by atoms with Gasteiger partial charge in [0.1, 0.15) is 70.8 Å². The third-order valence-corrected chi connectivity index (χ3v) is 18.2. The average molecular weight is 1210 g/mol. The highest BCUT2D eigenvalue weighted by atomic mass is 32.1. The van der Waals surface area contributed by atoms with E-state index < -0.39 is 72.2 Å². The lowest BCUT2D eigenvalue weighted by Crippen LogP contribution is -2.40. The molecular weight excluding hydrogens is 1160 g/mol. The number of ether oxygens (including phenoxy) is 1. The first kappa shape index (κ1) is 58.0. The van der Waals surface area contributed by atoms with Gasteiger partial charge in [0, 0.05) is 59.8 Å². The van der Waals surface area contributed by atoms with Crippen LogP contribution in [0.2, 0.25) is 0 Å². The summed E-state index contributed by atoms with van der Waals surface area (Å²) in [5, 5.41) is 44.9. The first-order valence-corrected chi connectivity index (χ1v) is 30.0. The first-order valence-electron chi connectivity index (χ1n) is 24.9. The molecule has 420 valence electrons. The molecule has 0 fully saturated rings. The number of anilines is 1. The van der Waals surface area contributed by atoms with Crippen molar-refractivity contribution in [2.24, 2.45) is 5.92 Å². The number of pyridine rings is 1. The van der Waals surface area contributed by atoms with Gasteiger partial charge in [-0.1, -0.05) is 44.2 Å². The summed E-state index contributed by atoms with van der Waals surface area (Å²) in [5.41, 5.74) is 2.33. The van der Waals surface area contributed by atoms with Gasteiger partial charge in [-0.2, -0.15) is 0 Å². The first-order chi connectivity index (χ1) is 39.0. The van der Waals surface area contributed by atoms with Gasteiger partial charge in [0.05, 0.1) is 52.8 Å². The van der Waals surface area contributed by atoms with Crippen LogP contribution in [0.25, 0.3) is 42.5 Å². The Kier molecular flexibility index (Phi) is 18.5. The van der Waals surface area contributed by atoms with Crippen LogP contribution in [0.15, 0.2) is 64.8 Å². The number of aromatic nitrogens is 7. The van der Waals surface area contributed by atoms with Crippen molar-refractivity contribution in [1.82, 2.24) is 61.5 Å². The number of benzene rings is 1. The molecule has 1 aromatic carbocycles. The molecule has 0 saturated carbocycles. The van der Waals surface area contributed by atoms with E-state index in [9.17, 15) is 38.7 Å². The van der Waals surface area contributed by atoms with E-state index in [1.54, 1.807) is 71.7 Å². The van der Waals surface area contributed by atoms with Crippen LogP contribution in [0, 0.1) is 12.8 Å². The van der Waals surface area contributed by atoms with Crippen LogP contribution in [0.4, 0.5) is 5.82 Å². The number of amides is 6. The summed E-state index contributed by atoms with van der Waals surface area (Å²) >= 11 is 7.12. The molecule has 8 aromatic rings. The number of methoxy groups -OCH3 is 1. The molecule has 0 radical (unpaired) electrons. The van der Waals surface area contributed by atoms with Gasteiger partial charge >= 0.3 is 5.97 Å². The Hall–Kier alpha value is -7.64. The number of carbonyl (C=O) groups is 7. The lowest BCUT2D eigenvalue weighted by Gasteiger charge is -2.23. The van der Waals surface area contributed by atoms with Crippen molar-refractivity contribution in [3.05, 3.63) is 112 Å². The fourth-order valence-corrected chi connectivity index (χ4v) is 13.9. The van der Waals surface area contributed by atoms with E-state index in [1.807, 2.05) is 13.8 Å². The highest BCUT2D eigenvalue weighted by Crippen LogP contribution is 2.41. The molecule has 0 aliphatic carbocycles. The number of carbonyl (C=O) groups excluding carboxylic acids is 6. The Morgan fingerprint density at radius 1 is 0.728 bits per heavy atom. The molecule has 0 saturated heterocycles. The van der Waals surface area contributed by atoms with Crippen molar-refractivity contribution < 1.29 is 48.5 Å². The van der Waals surface area contributed by atoms with Gasteiger partial charge in [-0.15, -0.1) is 68.0 Å². The minimum atomic E-state index is -1.28. The van der Waals surface area contributed by atoms with E-state index in [0.29, 0.717) is 67.9 Å². The van der Waals surface area contributed by atoms with Crippen molar-refractivity contribution in [3.63, 3.8) is 0 Å². The topological polar surface area (TPSA) is 332 Å². The molecule has 0 unspecified atom stereocenters. The summed E-state index contributed by atoms with van der Waals surface area (Å²) in [6, 6.07) is 9.44. The lowest BCUT2D eigenvalue weighted by molar-refractivity contribution is -0.137. The van der Waals surface area contributed by atoms with Crippen molar-refractivity contribution in [2.75, 3.05) is 26.0 Å². The summed E-state index contributed by atoms with van der Waals surface area (Å²) in [5.74, 6) is -4.29. The maximum atomic E-state index is 14.3. The van der Waals surface area contributed by atoms with E-state index in [4.69, 9.17) is 29.8 Å². The van der Waals surface area contributed by atoms with E-state index in [2.05, 4.69) is 46.9 Å². The fourth-order valence-electron chi connectivity index (χ4n) is 8.24. The van der Waals surface area contributed by atoms with Gasteiger partial charge in [-0.05, 0) is 37.0 Å². The number of aliphatic hydroxyl groups is 1. The van der Waals surface area contributed by atoms with Crippen LogP contribution in [-0.4, -0.2) is 107 Å². The fraction of sp³-hybridized carbons (Fsp3) is 0.308. The summed E-state index contributed by atoms with van der Waals surface area (Å²) in [4.78, 5) is 128. The molecule has 10 bridgehead atoms. The Labute approximate surface area is 486 Å². The third kappa shape index (κ3) is 13.8. The molecule has 1 aliphatic rings. The number of hydrogen-bond donors (Lipinski definition) is 8. The van der Waals surface area contributed by atoms with Gasteiger partial charge in [-0.3, -0.25) is 33.6 Å². The van der Waals surface area contributed by atoms with Gasteiger partial charge in [0.2, 0.25) is 17.7 Å². The molecule has 1 aliphatic heterocycles. The van der Waals surface area contributed by atoms with E-state index in [0.717, 1.165) is 11.3 Å². The monoisotopic (exact) mass is 1210 g/mol. The predicted molar refractivity (Wildman–Crippen MR) is 307 cm³/mol. The predicted octanol–water partition coefficient (Wildman–Crippen LogP) is 7.51. The van der Waals surface area contributed by atoms with Crippen LogP contribution in [0.3, 0.4) is 0 Å². The third-order valence-electron chi connectivity index (χ3n) is 12.3. The molecule has 23 nitrogen and oxygen atoms in total. The zero-order valence-electron chi connectivity index (χ0n) is 43.7. The van der Waals surface area contributed by atoms with Crippen LogP contribution >= 0.6 is 68.0 Å². The number of hydrogen-bond acceptors (Lipinski definition) is 22. The Balaban J connectivity index is 1.12.